The van der Waals surface area contributed by atoms with E-state index < -0.39 is 5.97 Å². The number of aliphatic hydroxyl groups is 1. The molecule has 6 heteroatoms. The molecule has 1 saturated heterocycles. The summed E-state index contributed by atoms with van der Waals surface area (Å²) in [7, 11) is 0. The number of aliphatic hydroxyl groups excluding tert-OH is 1. The predicted molar refractivity (Wildman–Crippen MR) is 78.0 cm³/mol. The number of carboxylic acid groups (broad SMARTS) is 1. The number of hydrogen-bond donors (Lipinski definition) is 2. The van der Waals surface area contributed by atoms with Crippen molar-refractivity contribution in [3.63, 3.8) is 0 Å². The van der Waals surface area contributed by atoms with Crippen molar-refractivity contribution in [2.45, 2.75) is 51.0 Å². The van der Waals surface area contributed by atoms with Gasteiger partial charge in [0, 0.05) is 38.7 Å². The van der Waals surface area contributed by atoms with Gasteiger partial charge in [-0.15, -0.1) is 0 Å². The number of rotatable bonds is 6. The van der Waals surface area contributed by atoms with Crippen molar-refractivity contribution >= 4 is 12.0 Å². The quantitative estimate of drug-likeness (QED) is 0.779. The van der Waals surface area contributed by atoms with Crippen LogP contribution in [0.15, 0.2) is 0 Å². The molecule has 1 aliphatic heterocycles. The first-order chi connectivity index (χ1) is 10.1. The van der Waals surface area contributed by atoms with Crippen LogP contribution in [0.5, 0.6) is 0 Å². The Labute approximate surface area is 125 Å². The Morgan fingerprint density at radius 2 is 1.95 bits per heavy atom. The minimum absolute atomic E-state index is 0.0308. The lowest BCUT2D eigenvalue weighted by Crippen LogP contribution is -2.53. The van der Waals surface area contributed by atoms with Crippen molar-refractivity contribution in [2.24, 2.45) is 5.92 Å². The Kier molecular flexibility index (Phi) is 5.85. The fourth-order valence-corrected chi connectivity index (χ4v) is 3.21. The number of nitrogens with zero attached hydrogens (tertiary/aromatic N) is 2. The van der Waals surface area contributed by atoms with Crippen LogP contribution in [0.1, 0.15) is 44.9 Å². The van der Waals surface area contributed by atoms with Crippen molar-refractivity contribution < 1.29 is 19.8 Å². The third-order valence-corrected chi connectivity index (χ3v) is 4.57. The van der Waals surface area contributed by atoms with Crippen LogP contribution >= 0.6 is 0 Å². The lowest BCUT2D eigenvalue weighted by atomic mass is 9.91. The fraction of sp³-hybridized carbons (Fsp3) is 0.867. The highest BCUT2D eigenvalue weighted by Gasteiger charge is 2.33. The van der Waals surface area contributed by atoms with Gasteiger partial charge in [0.1, 0.15) is 0 Å². The van der Waals surface area contributed by atoms with Crippen LogP contribution in [0.3, 0.4) is 0 Å². The van der Waals surface area contributed by atoms with E-state index in [9.17, 15) is 9.59 Å². The molecule has 0 aromatic carbocycles. The van der Waals surface area contributed by atoms with Crippen LogP contribution in [-0.4, -0.2) is 64.3 Å². The Balaban J connectivity index is 1.93. The highest BCUT2D eigenvalue weighted by atomic mass is 16.4. The predicted octanol–water partition coefficient (Wildman–Crippen LogP) is 1.53. The van der Waals surface area contributed by atoms with Gasteiger partial charge >= 0.3 is 12.0 Å². The summed E-state index contributed by atoms with van der Waals surface area (Å²) < 4.78 is 0. The van der Waals surface area contributed by atoms with Crippen molar-refractivity contribution in [3.05, 3.63) is 0 Å². The molecular formula is C15H26N2O4. The summed E-state index contributed by atoms with van der Waals surface area (Å²) in [6.07, 6.45) is 5.76. The molecule has 0 bridgehead atoms. The molecule has 1 saturated carbocycles. The van der Waals surface area contributed by atoms with Crippen LogP contribution < -0.4 is 0 Å². The molecule has 1 aliphatic carbocycles. The van der Waals surface area contributed by atoms with Crippen molar-refractivity contribution in [2.75, 3.05) is 26.2 Å². The first-order valence-electron chi connectivity index (χ1n) is 8.00. The molecule has 0 aromatic rings. The first-order valence-corrected chi connectivity index (χ1v) is 8.00. The first kappa shape index (κ1) is 16.1. The van der Waals surface area contributed by atoms with Crippen molar-refractivity contribution in [1.82, 2.24) is 9.80 Å². The van der Waals surface area contributed by atoms with E-state index in [1.165, 1.54) is 0 Å². The number of carboxylic acids is 1. The summed E-state index contributed by atoms with van der Waals surface area (Å²) in [4.78, 5) is 27.2. The van der Waals surface area contributed by atoms with E-state index in [-0.39, 0.29) is 25.0 Å². The third-order valence-electron chi connectivity index (χ3n) is 4.57. The van der Waals surface area contributed by atoms with Crippen LogP contribution in [0, 0.1) is 5.92 Å². The maximum absolute atomic E-state index is 12.7. The second-order valence-electron chi connectivity index (χ2n) is 6.19. The number of likely N-dealkylation sites (tertiary alicyclic amines) is 1. The standard InChI is InChI=1S/C15H26N2O4/c18-9-3-8-17(13-5-1-6-13)15(21)16-7-2-4-12(11-16)10-14(19)20/h12-13,18H,1-11H2,(H,19,20). The molecule has 2 aliphatic rings. The summed E-state index contributed by atoms with van der Waals surface area (Å²) in [6.45, 7) is 1.96. The lowest BCUT2D eigenvalue weighted by molar-refractivity contribution is -0.138. The molecule has 2 rings (SSSR count). The Bertz CT molecular complexity index is 371. The molecule has 0 spiro atoms. The van der Waals surface area contributed by atoms with Crippen molar-refractivity contribution in [1.29, 1.82) is 0 Å². The highest BCUT2D eigenvalue weighted by Crippen LogP contribution is 2.27. The van der Waals surface area contributed by atoms with E-state index in [1.807, 2.05) is 9.80 Å². The van der Waals surface area contributed by atoms with E-state index in [0.29, 0.717) is 25.6 Å². The molecule has 1 atom stereocenters. The van der Waals surface area contributed by atoms with Gasteiger partial charge in [0.2, 0.25) is 0 Å². The van der Waals surface area contributed by atoms with Crippen LogP contribution in [-0.2, 0) is 4.79 Å². The van der Waals surface area contributed by atoms with Crippen LogP contribution in [0.2, 0.25) is 0 Å². The van der Waals surface area contributed by atoms with Crippen LogP contribution in [0.4, 0.5) is 4.79 Å². The Morgan fingerprint density at radius 3 is 2.52 bits per heavy atom. The molecule has 2 fully saturated rings. The van der Waals surface area contributed by atoms with Gasteiger partial charge in [-0.05, 0) is 44.4 Å². The maximum atomic E-state index is 12.7. The average molecular weight is 298 g/mol. The SMILES string of the molecule is O=C(O)CC1CCCN(C(=O)N(CCCO)C2CCC2)C1. The molecule has 120 valence electrons. The summed E-state index contributed by atoms with van der Waals surface area (Å²) in [5.41, 5.74) is 0. The molecule has 0 aromatic heterocycles. The van der Waals surface area contributed by atoms with Gasteiger partial charge in [0.05, 0.1) is 0 Å². The molecule has 0 radical (unpaired) electrons. The minimum Gasteiger partial charge on any atom is -0.481 e. The number of amides is 2. The largest absolute Gasteiger partial charge is 0.481 e. The van der Waals surface area contributed by atoms with Gasteiger partial charge in [-0.25, -0.2) is 4.79 Å². The Hall–Kier alpha value is -1.30. The minimum atomic E-state index is -0.787. The zero-order valence-corrected chi connectivity index (χ0v) is 12.5. The summed E-state index contributed by atoms with van der Waals surface area (Å²) in [6, 6.07) is 0.340. The van der Waals surface area contributed by atoms with Crippen molar-refractivity contribution in [3.8, 4) is 0 Å². The molecule has 21 heavy (non-hydrogen) atoms. The summed E-state index contributed by atoms with van der Waals surface area (Å²) >= 11 is 0. The van der Waals surface area contributed by atoms with Gasteiger partial charge in [0.25, 0.3) is 0 Å². The van der Waals surface area contributed by atoms with E-state index in [0.717, 1.165) is 38.6 Å². The maximum Gasteiger partial charge on any atom is 0.320 e. The molecular weight excluding hydrogens is 272 g/mol. The van der Waals surface area contributed by atoms with E-state index in [1.54, 1.807) is 0 Å². The number of hydrogen-bond acceptors (Lipinski definition) is 3. The number of carbonyl (C=O) groups excluding carboxylic acids is 1. The zero-order chi connectivity index (χ0) is 15.2. The molecule has 1 heterocycles. The van der Waals surface area contributed by atoms with Crippen LogP contribution in [0.25, 0.3) is 0 Å². The fourth-order valence-electron chi connectivity index (χ4n) is 3.21. The molecule has 1 unspecified atom stereocenters. The van der Waals surface area contributed by atoms with Gasteiger partial charge in [-0.3, -0.25) is 4.79 Å². The topological polar surface area (TPSA) is 81.1 Å². The van der Waals surface area contributed by atoms with Gasteiger partial charge in [-0.2, -0.15) is 0 Å². The summed E-state index contributed by atoms with van der Waals surface area (Å²) in [5.74, 6) is -0.716. The number of piperidine rings is 1. The highest BCUT2D eigenvalue weighted by molar-refractivity contribution is 5.75. The molecule has 2 amide bonds. The van der Waals surface area contributed by atoms with E-state index >= 15 is 0 Å². The zero-order valence-electron chi connectivity index (χ0n) is 12.5. The second kappa shape index (κ2) is 7.64. The normalized spacial score (nSPS) is 22.7. The average Bonchev–Trinajstić information content (AvgIpc) is 2.40. The Morgan fingerprint density at radius 1 is 1.19 bits per heavy atom. The smallest absolute Gasteiger partial charge is 0.320 e. The second-order valence-corrected chi connectivity index (χ2v) is 6.19. The lowest BCUT2D eigenvalue weighted by Gasteiger charge is -2.42. The van der Waals surface area contributed by atoms with Gasteiger partial charge in [0.15, 0.2) is 0 Å². The third kappa shape index (κ3) is 4.33. The van der Waals surface area contributed by atoms with E-state index in [2.05, 4.69) is 0 Å². The number of aliphatic carboxylic acids is 1. The monoisotopic (exact) mass is 298 g/mol. The number of urea groups is 1. The van der Waals surface area contributed by atoms with E-state index in [4.69, 9.17) is 10.2 Å². The summed E-state index contributed by atoms with van der Waals surface area (Å²) in [5, 5.41) is 17.9. The molecule has 2 N–H and O–H groups in total. The van der Waals surface area contributed by atoms with Gasteiger partial charge in [-0.1, -0.05) is 0 Å². The van der Waals surface area contributed by atoms with Gasteiger partial charge < -0.3 is 20.0 Å². The molecule has 6 nitrogen and oxygen atoms in total. The number of carbonyl (C=O) groups is 2.